The van der Waals surface area contributed by atoms with Crippen LogP contribution < -0.4 is 5.73 Å². The molecule has 116 valence electrons. The van der Waals surface area contributed by atoms with Gasteiger partial charge in [-0.05, 0) is 24.9 Å². The van der Waals surface area contributed by atoms with E-state index in [1.54, 1.807) is 0 Å². The Morgan fingerprint density at radius 2 is 2.27 bits per heavy atom. The number of hydrogen-bond acceptors (Lipinski definition) is 4. The lowest BCUT2D eigenvalue weighted by molar-refractivity contribution is -0.129. The van der Waals surface area contributed by atoms with Crippen molar-refractivity contribution in [3.8, 4) is 10.6 Å². The highest BCUT2D eigenvalue weighted by molar-refractivity contribution is 7.13. The van der Waals surface area contributed by atoms with Crippen molar-refractivity contribution in [3.63, 3.8) is 0 Å². The van der Waals surface area contributed by atoms with Gasteiger partial charge in [0.15, 0.2) is 0 Å². The third kappa shape index (κ3) is 3.32. The molecule has 1 atom stereocenters. The second-order valence-corrected chi connectivity index (χ2v) is 6.80. The third-order valence-corrected chi connectivity index (χ3v) is 5.21. The summed E-state index contributed by atoms with van der Waals surface area (Å²) < 4.78 is 0. The number of carbonyl (C=O) groups excluding carboxylic acids is 1. The Kier molecular flexibility index (Phi) is 4.76. The SMILES string of the molecule is NC[C@@H]1CCN(C(=O)Cc2csc(-c3ccccc3Cl)n2)C1. The smallest absolute Gasteiger partial charge is 0.228 e. The average molecular weight is 336 g/mol. The van der Waals surface area contributed by atoms with Gasteiger partial charge >= 0.3 is 0 Å². The Hall–Kier alpha value is -1.43. The molecule has 2 heterocycles. The zero-order chi connectivity index (χ0) is 15.5. The summed E-state index contributed by atoms with van der Waals surface area (Å²) in [6.45, 7) is 2.23. The molecule has 0 spiro atoms. The number of nitrogens with zero attached hydrogens (tertiary/aromatic N) is 2. The van der Waals surface area contributed by atoms with Crippen molar-refractivity contribution in [2.75, 3.05) is 19.6 Å². The normalized spacial score (nSPS) is 17.9. The topological polar surface area (TPSA) is 59.2 Å². The van der Waals surface area contributed by atoms with Crippen molar-refractivity contribution in [2.24, 2.45) is 11.7 Å². The number of thiazole rings is 1. The van der Waals surface area contributed by atoms with Gasteiger partial charge in [-0.2, -0.15) is 0 Å². The molecule has 1 amide bonds. The van der Waals surface area contributed by atoms with Crippen LogP contribution in [0, 0.1) is 5.92 Å². The fourth-order valence-electron chi connectivity index (χ4n) is 2.66. The summed E-state index contributed by atoms with van der Waals surface area (Å²) in [5, 5.41) is 3.47. The van der Waals surface area contributed by atoms with Crippen molar-refractivity contribution >= 4 is 28.8 Å². The predicted molar refractivity (Wildman–Crippen MR) is 90.0 cm³/mol. The standard InChI is InChI=1S/C16H18ClN3OS/c17-14-4-2-1-3-13(14)16-19-12(10-22-16)7-15(21)20-6-5-11(8-18)9-20/h1-4,10-11H,5-9,18H2/t11-/m0/s1. The van der Waals surface area contributed by atoms with Crippen LogP contribution in [0.15, 0.2) is 29.6 Å². The van der Waals surface area contributed by atoms with E-state index in [-0.39, 0.29) is 5.91 Å². The van der Waals surface area contributed by atoms with Crippen molar-refractivity contribution in [1.82, 2.24) is 9.88 Å². The average Bonchev–Trinajstić information content (AvgIpc) is 3.16. The minimum atomic E-state index is 0.131. The van der Waals surface area contributed by atoms with Gasteiger partial charge in [0.2, 0.25) is 5.91 Å². The molecule has 0 saturated carbocycles. The Labute approximate surface area is 138 Å². The van der Waals surface area contributed by atoms with Gasteiger partial charge in [-0.15, -0.1) is 11.3 Å². The molecule has 22 heavy (non-hydrogen) atoms. The lowest BCUT2D eigenvalue weighted by atomic mass is 10.1. The molecule has 0 aliphatic carbocycles. The molecule has 2 aromatic rings. The summed E-state index contributed by atoms with van der Waals surface area (Å²) in [6.07, 6.45) is 1.35. The van der Waals surface area contributed by atoms with E-state index >= 15 is 0 Å². The minimum Gasteiger partial charge on any atom is -0.342 e. The molecule has 1 aromatic heterocycles. The summed E-state index contributed by atoms with van der Waals surface area (Å²) in [5.74, 6) is 0.574. The molecule has 4 nitrogen and oxygen atoms in total. The van der Waals surface area contributed by atoms with Crippen LogP contribution in [0.25, 0.3) is 10.6 Å². The molecule has 1 saturated heterocycles. The number of carbonyl (C=O) groups is 1. The fourth-order valence-corrected chi connectivity index (χ4v) is 3.80. The molecule has 2 N–H and O–H groups in total. The van der Waals surface area contributed by atoms with E-state index in [1.807, 2.05) is 34.5 Å². The first-order valence-electron chi connectivity index (χ1n) is 7.34. The molecule has 0 radical (unpaired) electrons. The van der Waals surface area contributed by atoms with Crippen LogP contribution in [-0.4, -0.2) is 35.4 Å². The lowest BCUT2D eigenvalue weighted by Crippen LogP contribution is -2.31. The van der Waals surface area contributed by atoms with Gasteiger partial charge in [-0.3, -0.25) is 4.79 Å². The highest BCUT2D eigenvalue weighted by Crippen LogP contribution is 2.30. The molecule has 6 heteroatoms. The van der Waals surface area contributed by atoms with E-state index in [1.165, 1.54) is 11.3 Å². The molecule has 1 aliphatic rings. The first-order valence-corrected chi connectivity index (χ1v) is 8.60. The van der Waals surface area contributed by atoms with Crippen LogP contribution in [-0.2, 0) is 11.2 Å². The molecule has 0 bridgehead atoms. The number of aromatic nitrogens is 1. The van der Waals surface area contributed by atoms with E-state index in [9.17, 15) is 4.79 Å². The largest absolute Gasteiger partial charge is 0.342 e. The highest BCUT2D eigenvalue weighted by atomic mass is 35.5. The minimum absolute atomic E-state index is 0.131. The molecule has 1 fully saturated rings. The monoisotopic (exact) mass is 335 g/mol. The van der Waals surface area contributed by atoms with E-state index in [2.05, 4.69) is 4.98 Å². The lowest BCUT2D eigenvalue weighted by Gasteiger charge is -2.15. The Morgan fingerprint density at radius 3 is 3.00 bits per heavy atom. The van der Waals surface area contributed by atoms with Crippen LogP contribution >= 0.6 is 22.9 Å². The van der Waals surface area contributed by atoms with E-state index in [0.29, 0.717) is 23.9 Å². The van der Waals surface area contributed by atoms with E-state index in [4.69, 9.17) is 17.3 Å². The molecule has 1 aliphatic heterocycles. The van der Waals surface area contributed by atoms with Crippen LogP contribution in [0.4, 0.5) is 0 Å². The van der Waals surface area contributed by atoms with Gasteiger partial charge in [0.1, 0.15) is 5.01 Å². The summed E-state index contributed by atoms with van der Waals surface area (Å²) in [6, 6.07) is 7.62. The van der Waals surface area contributed by atoms with Crippen molar-refractivity contribution in [1.29, 1.82) is 0 Å². The zero-order valence-corrected chi connectivity index (χ0v) is 13.7. The second-order valence-electron chi connectivity index (χ2n) is 5.53. The maximum atomic E-state index is 12.3. The third-order valence-electron chi connectivity index (χ3n) is 3.96. The maximum absolute atomic E-state index is 12.3. The van der Waals surface area contributed by atoms with Crippen molar-refractivity contribution < 1.29 is 4.79 Å². The second kappa shape index (κ2) is 6.77. The molecular weight excluding hydrogens is 318 g/mol. The van der Waals surface area contributed by atoms with Gasteiger partial charge in [-0.25, -0.2) is 4.98 Å². The predicted octanol–water partition coefficient (Wildman–Crippen LogP) is 2.81. The van der Waals surface area contributed by atoms with Crippen molar-refractivity contribution in [2.45, 2.75) is 12.8 Å². The quantitative estimate of drug-likeness (QED) is 0.934. The summed E-state index contributed by atoms with van der Waals surface area (Å²) >= 11 is 7.71. The van der Waals surface area contributed by atoms with Gasteiger partial charge < -0.3 is 10.6 Å². The highest BCUT2D eigenvalue weighted by Gasteiger charge is 2.25. The van der Waals surface area contributed by atoms with Crippen LogP contribution in [0.2, 0.25) is 5.02 Å². The number of rotatable bonds is 4. The number of likely N-dealkylation sites (tertiary alicyclic amines) is 1. The molecular formula is C16H18ClN3OS. The van der Waals surface area contributed by atoms with Crippen LogP contribution in [0.1, 0.15) is 12.1 Å². The number of nitrogens with two attached hydrogens (primary N) is 1. The summed E-state index contributed by atoms with van der Waals surface area (Å²) in [7, 11) is 0. The zero-order valence-electron chi connectivity index (χ0n) is 12.2. The summed E-state index contributed by atoms with van der Waals surface area (Å²) in [5.41, 5.74) is 7.39. The van der Waals surface area contributed by atoms with E-state index < -0.39 is 0 Å². The number of halogens is 1. The maximum Gasteiger partial charge on any atom is 0.228 e. The van der Waals surface area contributed by atoms with Crippen molar-refractivity contribution in [3.05, 3.63) is 40.4 Å². The molecule has 0 unspecified atom stereocenters. The van der Waals surface area contributed by atoms with Gasteiger partial charge in [0.05, 0.1) is 17.1 Å². The van der Waals surface area contributed by atoms with Gasteiger partial charge in [0.25, 0.3) is 0 Å². The fraction of sp³-hybridized carbons (Fsp3) is 0.375. The Balaban J connectivity index is 1.67. The van der Waals surface area contributed by atoms with Crippen LogP contribution in [0.3, 0.4) is 0 Å². The summed E-state index contributed by atoms with van der Waals surface area (Å²) in [4.78, 5) is 18.8. The number of amides is 1. The molecule has 3 rings (SSSR count). The van der Waals surface area contributed by atoms with Crippen LogP contribution in [0.5, 0.6) is 0 Å². The number of benzene rings is 1. The number of hydrogen-bond donors (Lipinski definition) is 1. The first-order chi connectivity index (χ1) is 10.7. The van der Waals surface area contributed by atoms with E-state index in [0.717, 1.165) is 35.8 Å². The van der Waals surface area contributed by atoms with Gasteiger partial charge in [0, 0.05) is 24.0 Å². The molecule has 1 aromatic carbocycles. The Morgan fingerprint density at radius 1 is 1.45 bits per heavy atom. The van der Waals surface area contributed by atoms with Gasteiger partial charge in [-0.1, -0.05) is 29.8 Å². The first kappa shape index (κ1) is 15.5. The Bertz CT molecular complexity index is 673.